The molecule has 14 heavy (non-hydrogen) atoms. The second-order valence-electron chi connectivity index (χ2n) is 4.31. The van der Waals surface area contributed by atoms with E-state index in [0.29, 0.717) is 5.41 Å². The fourth-order valence-corrected chi connectivity index (χ4v) is 1.56. The van der Waals surface area contributed by atoms with E-state index < -0.39 is 0 Å². The third-order valence-electron chi connectivity index (χ3n) is 2.62. The van der Waals surface area contributed by atoms with Gasteiger partial charge in [-0.05, 0) is 6.92 Å². The number of hydrogen-bond donors (Lipinski definition) is 1. The Balaban J connectivity index is 2.22. The molecule has 1 N–H and O–H groups in total. The highest BCUT2D eigenvalue weighted by atomic mass is 16.7. The molecule has 0 aromatic carbocycles. The highest BCUT2D eigenvalue weighted by Gasteiger charge is 2.33. The van der Waals surface area contributed by atoms with Crippen LogP contribution in [0.25, 0.3) is 0 Å². The topological polar surface area (TPSA) is 39.7 Å². The summed E-state index contributed by atoms with van der Waals surface area (Å²) in [5.41, 5.74) is 0.292. The van der Waals surface area contributed by atoms with Crippen LogP contribution in [0.15, 0.2) is 0 Å². The Morgan fingerprint density at radius 1 is 1.36 bits per heavy atom. The first-order chi connectivity index (χ1) is 6.61. The van der Waals surface area contributed by atoms with Crippen LogP contribution in [0.1, 0.15) is 13.8 Å². The molecule has 4 heteroatoms. The normalized spacial score (nSPS) is 22.1. The van der Waals surface area contributed by atoms with Crippen LogP contribution in [0, 0.1) is 5.41 Å². The summed E-state index contributed by atoms with van der Waals surface area (Å²) in [4.78, 5) is 0. The van der Waals surface area contributed by atoms with E-state index in [1.165, 1.54) is 0 Å². The summed E-state index contributed by atoms with van der Waals surface area (Å²) in [6, 6.07) is 0.197. The minimum atomic E-state index is -0.181. The summed E-state index contributed by atoms with van der Waals surface area (Å²) in [7, 11) is 3.31. The Kier molecular flexibility index (Phi) is 4.31. The summed E-state index contributed by atoms with van der Waals surface area (Å²) in [5, 5.41) is 3.40. The molecule has 0 aliphatic carbocycles. The Labute approximate surface area is 85.9 Å². The molecule has 0 aromatic rings. The van der Waals surface area contributed by atoms with Crippen molar-refractivity contribution in [3.05, 3.63) is 0 Å². The SMILES string of the molecule is COC(OC)C(C)NCC1(C)COC1. The predicted octanol–water partition coefficient (Wildman–Crippen LogP) is 0.620. The fraction of sp³-hybridized carbons (Fsp3) is 1.00. The zero-order chi connectivity index (χ0) is 10.6. The summed E-state index contributed by atoms with van der Waals surface area (Å²) in [6.07, 6.45) is -0.181. The van der Waals surface area contributed by atoms with E-state index in [9.17, 15) is 0 Å². The van der Waals surface area contributed by atoms with Gasteiger partial charge in [-0.1, -0.05) is 6.92 Å². The maximum absolute atomic E-state index is 5.18. The van der Waals surface area contributed by atoms with Gasteiger partial charge in [-0.2, -0.15) is 0 Å². The molecule has 1 unspecified atom stereocenters. The Morgan fingerprint density at radius 2 is 1.93 bits per heavy atom. The Bertz CT molecular complexity index is 167. The van der Waals surface area contributed by atoms with Gasteiger partial charge in [0.1, 0.15) is 0 Å². The van der Waals surface area contributed by atoms with E-state index in [4.69, 9.17) is 14.2 Å². The summed E-state index contributed by atoms with van der Waals surface area (Å²) in [6.45, 7) is 6.90. The molecule has 1 aliphatic rings. The summed E-state index contributed by atoms with van der Waals surface area (Å²) >= 11 is 0. The molecule has 0 bridgehead atoms. The molecule has 0 radical (unpaired) electrons. The Hall–Kier alpha value is -0.160. The van der Waals surface area contributed by atoms with E-state index >= 15 is 0 Å². The molecular formula is C10H21NO3. The lowest BCUT2D eigenvalue weighted by Gasteiger charge is -2.39. The molecule has 0 saturated carbocycles. The number of rotatable bonds is 6. The van der Waals surface area contributed by atoms with Crippen molar-refractivity contribution in [2.45, 2.75) is 26.2 Å². The van der Waals surface area contributed by atoms with Crippen molar-refractivity contribution in [2.75, 3.05) is 34.0 Å². The smallest absolute Gasteiger partial charge is 0.171 e. The van der Waals surface area contributed by atoms with Gasteiger partial charge in [-0.3, -0.25) is 0 Å². The first-order valence-electron chi connectivity index (χ1n) is 4.98. The summed E-state index contributed by atoms with van der Waals surface area (Å²) < 4.78 is 15.5. The predicted molar refractivity (Wildman–Crippen MR) is 54.2 cm³/mol. The van der Waals surface area contributed by atoms with E-state index in [1.54, 1.807) is 14.2 Å². The van der Waals surface area contributed by atoms with Gasteiger partial charge in [0, 0.05) is 26.2 Å². The van der Waals surface area contributed by atoms with Crippen LogP contribution >= 0.6 is 0 Å². The van der Waals surface area contributed by atoms with Crippen molar-refractivity contribution >= 4 is 0 Å². The van der Waals surface area contributed by atoms with Crippen molar-refractivity contribution in [1.29, 1.82) is 0 Å². The summed E-state index contributed by atoms with van der Waals surface area (Å²) in [5.74, 6) is 0. The minimum Gasteiger partial charge on any atom is -0.380 e. The van der Waals surface area contributed by atoms with Crippen LogP contribution in [-0.4, -0.2) is 46.3 Å². The molecule has 0 amide bonds. The maximum atomic E-state index is 5.18. The molecule has 1 heterocycles. The molecule has 4 nitrogen and oxygen atoms in total. The van der Waals surface area contributed by atoms with E-state index in [0.717, 1.165) is 19.8 Å². The second-order valence-corrected chi connectivity index (χ2v) is 4.31. The zero-order valence-electron chi connectivity index (χ0n) is 9.50. The molecule has 0 aromatic heterocycles. The molecule has 84 valence electrons. The van der Waals surface area contributed by atoms with Crippen molar-refractivity contribution in [2.24, 2.45) is 5.41 Å². The van der Waals surface area contributed by atoms with Gasteiger partial charge in [-0.25, -0.2) is 0 Å². The number of hydrogen-bond acceptors (Lipinski definition) is 4. The zero-order valence-corrected chi connectivity index (χ0v) is 9.50. The quantitative estimate of drug-likeness (QED) is 0.642. The van der Waals surface area contributed by atoms with Gasteiger partial charge < -0.3 is 19.5 Å². The Morgan fingerprint density at radius 3 is 2.29 bits per heavy atom. The second kappa shape index (κ2) is 5.07. The third kappa shape index (κ3) is 2.92. The van der Waals surface area contributed by atoms with Crippen LogP contribution in [0.4, 0.5) is 0 Å². The van der Waals surface area contributed by atoms with E-state index in [2.05, 4.69) is 19.2 Å². The van der Waals surface area contributed by atoms with Gasteiger partial charge >= 0.3 is 0 Å². The first kappa shape index (κ1) is 11.9. The lowest BCUT2D eigenvalue weighted by molar-refractivity contribution is -0.130. The van der Waals surface area contributed by atoms with Crippen molar-refractivity contribution in [1.82, 2.24) is 5.32 Å². The average Bonchev–Trinajstić information content (AvgIpc) is 2.13. The highest BCUT2D eigenvalue weighted by Crippen LogP contribution is 2.25. The van der Waals surface area contributed by atoms with Crippen LogP contribution in [0.2, 0.25) is 0 Å². The van der Waals surface area contributed by atoms with Crippen LogP contribution < -0.4 is 5.32 Å². The molecular weight excluding hydrogens is 182 g/mol. The van der Waals surface area contributed by atoms with Gasteiger partial charge in [-0.15, -0.1) is 0 Å². The average molecular weight is 203 g/mol. The van der Waals surface area contributed by atoms with Gasteiger partial charge in [0.05, 0.1) is 19.3 Å². The monoisotopic (exact) mass is 203 g/mol. The fourth-order valence-electron chi connectivity index (χ4n) is 1.56. The van der Waals surface area contributed by atoms with Crippen molar-refractivity contribution in [3.63, 3.8) is 0 Å². The number of ether oxygens (including phenoxy) is 3. The molecule has 0 spiro atoms. The molecule has 1 atom stereocenters. The third-order valence-corrected chi connectivity index (χ3v) is 2.62. The molecule has 1 fully saturated rings. The first-order valence-corrected chi connectivity index (χ1v) is 4.98. The van der Waals surface area contributed by atoms with E-state index in [-0.39, 0.29) is 12.3 Å². The minimum absolute atomic E-state index is 0.181. The van der Waals surface area contributed by atoms with Crippen LogP contribution in [-0.2, 0) is 14.2 Å². The molecule has 1 saturated heterocycles. The van der Waals surface area contributed by atoms with E-state index in [1.807, 2.05) is 0 Å². The lowest BCUT2D eigenvalue weighted by atomic mass is 9.88. The van der Waals surface area contributed by atoms with Gasteiger partial charge in [0.25, 0.3) is 0 Å². The standard InChI is InChI=1S/C10H21NO3/c1-8(9(12-3)13-4)11-5-10(2)6-14-7-10/h8-9,11H,5-7H2,1-4H3. The van der Waals surface area contributed by atoms with Gasteiger partial charge in [0.15, 0.2) is 6.29 Å². The van der Waals surface area contributed by atoms with Gasteiger partial charge in [0.2, 0.25) is 0 Å². The molecule has 1 rings (SSSR count). The van der Waals surface area contributed by atoms with Crippen LogP contribution in [0.5, 0.6) is 0 Å². The van der Waals surface area contributed by atoms with Crippen molar-refractivity contribution in [3.8, 4) is 0 Å². The lowest BCUT2D eigenvalue weighted by Crippen LogP contribution is -2.51. The maximum Gasteiger partial charge on any atom is 0.171 e. The van der Waals surface area contributed by atoms with Crippen LogP contribution in [0.3, 0.4) is 0 Å². The number of methoxy groups -OCH3 is 2. The number of nitrogens with one attached hydrogen (secondary N) is 1. The highest BCUT2D eigenvalue weighted by molar-refractivity contribution is 4.84. The largest absolute Gasteiger partial charge is 0.380 e. The van der Waals surface area contributed by atoms with Crippen molar-refractivity contribution < 1.29 is 14.2 Å². The molecule has 1 aliphatic heterocycles.